The monoisotopic (exact) mass is 330 g/mol. The molecule has 2 aromatic rings. The number of carbonyl (C=O) groups is 1. The predicted molar refractivity (Wildman–Crippen MR) is 95.6 cm³/mol. The number of H-pyrrole nitrogens is 1. The number of rotatable bonds is 5. The van der Waals surface area contributed by atoms with Crippen molar-refractivity contribution in [2.45, 2.75) is 26.2 Å². The van der Waals surface area contributed by atoms with Crippen LogP contribution in [-0.4, -0.2) is 52.5 Å². The van der Waals surface area contributed by atoms with Crippen molar-refractivity contribution in [3.63, 3.8) is 0 Å². The summed E-state index contributed by atoms with van der Waals surface area (Å²) in [6.45, 7) is 6.39. The summed E-state index contributed by atoms with van der Waals surface area (Å²) in [5, 5.41) is 9.74. The van der Waals surface area contributed by atoms with Gasteiger partial charge in [-0.3, -0.25) is 14.9 Å². The van der Waals surface area contributed by atoms with E-state index in [9.17, 15) is 4.79 Å². The fourth-order valence-electron chi connectivity index (χ4n) is 2.59. The molecule has 0 bridgehead atoms. The Labute approximate surface area is 142 Å². The molecule has 7 heteroatoms. The number of aryl methyl sites for hydroxylation is 1. The van der Waals surface area contributed by atoms with Gasteiger partial charge in [0.15, 0.2) is 6.29 Å². The number of aldehydes is 1. The molecule has 1 aliphatic rings. The van der Waals surface area contributed by atoms with Crippen LogP contribution in [0.1, 0.15) is 35.2 Å². The van der Waals surface area contributed by atoms with E-state index in [0.29, 0.717) is 11.3 Å². The van der Waals surface area contributed by atoms with Crippen LogP contribution in [0.2, 0.25) is 0 Å². The third-order valence-electron chi connectivity index (χ3n) is 3.96. The highest BCUT2D eigenvalue weighted by Gasteiger charge is 2.07. The minimum Gasteiger partial charge on any atom is -0.339 e. The van der Waals surface area contributed by atoms with Crippen molar-refractivity contribution in [2.24, 2.45) is 5.73 Å². The van der Waals surface area contributed by atoms with Crippen LogP contribution in [0.3, 0.4) is 0 Å². The standard InChI is InChI=1S/C10H10N4O.C7H16N2/c1-7-4-12-14-10(7)13-9-5-11-3-2-8(9)6-15;8-4-7-9-5-2-1-3-6-9/h2-6H,1H3,(H2,12,13,14);1-8H2. The number of aromatic amines is 1. The highest BCUT2D eigenvalue weighted by molar-refractivity contribution is 5.85. The molecule has 130 valence electrons. The SMILES string of the molecule is Cc1cn[nH]c1Nc1cnccc1C=O.NCCN1CCCCC1. The van der Waals surface area contributed by atoms with Crippen LogP contribution in [0.5, 0.6) is 0 Å². The first-order valence-corrected chi connectivity index (χ1v) is 8.33. The molecule has 3 heterocycles. The molecule has 1 saturated heterocycles. The number of carbonyl (C=O) groups excluding carboxylic acids is 1. The zero-order valence-corrected chi connectivity index (χ0v) is 14.2. The minimum atomic E-state index is 0.569. The number of hydrogen-bond donors (Lipinski definition) is 3. The van der Waals surface area contributed by atoms with Gasteiger partial charge in [-0.05, 0) is 38.9 Å². The molecule has 3 rings (SSSR count). The summed E-state index contributed by atoms with van der Waals surface area (Å²) in [5.74, 6) is 0.770. The molecule has 24 heavy (non-hydrogen) atoms. The molecule has 0 aliphatic carbocycles. The van der Waals surface area contributed by atoms with Crippen molar-refractivity contribution in [3.8, 4) is 0 Å². The van der Waals surface area contributed by atoms with Crippen molar-refractivity contribution in [1.29, 1.82) is 0 Å². The van der Waals surface area contributed by atoms with Crippen molar-refractivity contribution in [1.82, 2.24) is 20.1 Å². The van der Waals surface area contributed by atoms with Crippen LogP contribution in [0.4, 0.5) is 11.5 Å². The molecular weight excluding hydrogens is 304 g/mol. The Morgan fingerprint density at radius 1 is 1.33 bits per heavy atom. The van der Waals surface area contributed by atoms with Crippen LogP contribution in [0.25, 0.3) is 0 Å². The van der Waals surface area contributed by atoms with Gasteiger partial charge in [0, 0.05) is 30.4 Å². The highest BCUT2D eigenvalue weighted by Crippen LogP contribution is 2.18. The first-order valence-electron chi connectivity index (χ1n) is 8.33. The van der Waals surface area contributed by atoms with Gasteiger partial charge in [0.25, 0.3) is 0 Å². The molecule has 7 nitrogen and oxygen atoms in total. The number of likely N-dealkylation sites (tertiary alicyclic amines) is 1. The number of aromatic nitrogens is 3. The molecule has 0 aromatic carbocycles. The fourth-order valence-corrected chi connectivity index (χ4v) is 2.59. The fraction of sp³-hybridized carbons (Fsp3) is 0.471. The van der Waals surface area contributed by atoms with Gasteiger partial charge >= 0.3 is 0 Å². The maximum atomic E-state index is 10.7. The van der Waals surface area contributed by atoms with Gasteiger partial charge in [-0.15, -0.1) is 0 Å². The van der Waals surface area contributed by atoms with E-state index in [4.69, 9.17) is 5.73 Å². The zero-order valence-electron chi connectivity index (χ0n) is 14.2. The number of nitrogens with one attached hydrogen (secondary N) is 2. The maximum absolute atomic E-state index is 10.7. The van der Waals surface area contributed by atoms with E-state index in [0.717, 1.165) is 30.8 Å². The summed E-state index contributed by atoms with van der Waals surface area (Å²) in [6.07, 6.45) is 9.84. The summed E-state index contributed by atoms with van der Waals surface area (Å²) in [4.78, 5) is 17.1. The summed E-state index contributed by atoms with van der Waals surface area (Å²) < 4.78 is 0. The van der Waals surface area contributed by atoms with Crippen LogP contribution in [0.15, 0.2) is 24.7 Å². The molecule has 0 saturated carbocycles. The Kier molecular flexibility index (Phi) is 7.38. The second-order valence-electron chi connectivity index (χ2n) is 5.82. The van der Waals surface area contributed by atoms with Crippen molar-refractivity contribution < 1.29 is 4.79 Å². The number of piperidine rings is 1. The topological polar surface area (TPSA) is 99.9 Å². The Morgan fingerprint density at radius 2 is 2.12 bits per heavy atom. The Balaban J connectivity index is 0.000000198. The quantitative estimate of drug-likeness (QED) is 0.726. The van der Waals surface area contributed by atoms with Gasteiger partial charge in [0.1, 0.15) is 5.82 Å². The smallest absolute Gasteiger partial charge is 0.152 e. The van der Waals surface area contributed by atoms with E-state index >= 15 is 0 Å². The van der Waals surface area contributed by atoms with E-state index < -0.39 is 0 Å². The molecule has 1 fully saturated rings. The Bertz CT molecular complexity index is 618. The lowest BCUT2D eigenvalue weighted by Crippen LogP contribution is -2.33. The number of hydrogen-bond acceptors (Lipinski definition) is 6. The summed E-state index contributed by atoms with van der Waals surface area (Å²) in [7, 11) is 0. The number of nitrogens with two attached hydrogens (primary N) is 1. The van der Waals surface area contributed by atoms with E-state index in [1.165, 1.54) is 32.4 Å². The van der Waals surface area contributed by atoms with Crippen LogP contribution < -0.4 is 11.1 Å². The van der Waals surface area contributed by atoms with Gasteiger partial charge in [0.05, 0.1) is 18.1 Å². The van der Waals surface area contributed by atoms with Crippen molar-refractivity contribution in [2.75, 3.05) is 31.5 Å². The second kappa shape index (κ2) is 9.79. The van der Waals surface area contributed by atoms with Gasteiger partial charge in [-0.25, -0.2) is 0 Å². The first kappa shape index (κ1) is 18.1. The van der Waals surface area contributed by atoms with Crippen LogP contribution >= 0.6 is 0 Å². The molecule has 0 radical (unpaired) electrons. The third-order valence-corrected chi connectivity index (χ3v) is 3.96. The molecule has 2 aromatic heterocycles. The number of anilines is 2. The summed E-state index contributed by atoms with van der Waals surface area (Å²) >= 11 is 0. The third kappa shape index (κ3) is 5.43. The largest absolute Gasteiger partial charge is 0.339 e. The molecule has 0 amide bonds. The van der Waals surface area contributed by atoms with Crippen molar-refractivity contribution in [3.05, 3.63) is 35.8 Å². The Hall–Kier alpha value is -2.25. The van der Waals surface area contributed by atoms with Gasteiger partial charge in [-0.2, -0.15) is 5.10 Å². The number of nitrogens with zero attached hydrogens (tertiary/aromatic N) is 3. The predicted octanol–water partition coefficient (Wildman–Crippen LogP) is 2.10. The number of pyridine rings is 1. The Morgan fingerprint density at radius 3 is 2.75 bits per heavy atom. The van der Waals surface area contributed by atoms with Crippen molar-refractivity contribution >= 4 is 17.8 Å². The molecule has 1 aliphatic heterocycles. The highest BCUT2D eigenvalue weighted by atomic mass is 16.1. The van der Waals surface area contributed by atoms with E-state index in [2.05, 4.69) is 25.4 Å². The maximum Gasteiger partial charge on any atom is 0.152 e. The van der Waals surface area contributed by atoms with E-state index in [1.807, 2.05) is 6.92 Å². The molecule has 4 N–H and O–H groups in total. The first-order chi connectivity index (χ1) is 11.7. The zero-order chi connectivity index (χ0) is 17.2. The van der Waals surface area contributed by atoms with Gasteiger partial charge in [-0.1, -0.05) is 6.42 Å². The lowest BCUT2D eigenvalue weighted by Gasteiger charge is -2.25. The van der Waals surface area contributed by atoms with Gasteiger partial charge in [0.2, 0.25) is 0 Å². The molecular formula is C17H26N6O. The average Bonchev–Trinajstić information content (AvgIpc) is 3.02. The van der Waals surface area contributed by atoms with Crippen LogP contribution in [0, 0.1) is 6.92 Å². The van der Waals surface area contributed by atoms with E-state index in [-0.39, 0.29) is 0 Å². The summed E-state index contributed by atoms with van der Waals surface area (Å²) in [6, 6.07) is 1.65. The molecule has 0 spiro atoms. The minimum absolute atomic E-state index is 0.569. The average molecular weight is 330 g/mol. The normalized spacial score (nSPS) is 14.6. The lowest BCUT2D eigenvalue weighted by atomic mass is 10.1. The second-order valence-corrected chi connectivity index (χ2v) is 5.82. The van der Waals surface area contributed by atoms with Gasteiger partial charge < -0.3 is 16.0 Å². The molecule has 0 atom stereocenters. The molecule has 0 unspecified atom stereocenters. The van der Waals surface area contributed by atoms with Crippen LogP contribution in [-0.2, 0) is 0 Å². The van der Waals surface area contributed by atoms with E-state index in [1.54, 1.807) is 24.7 Å². The summed E-state index contributed by atoms with van der Waals surface area (Å²) in [5.41, 5.74) is 7.63. The lowest BCUT2D eigenvalue weighted by molar-refractivity contribution is 0.112.